The molecule has 302 valence electrons. The van der Waals surface area contributed by atoms with E-state index in [1.54, 1.807) is 13.8 Å². The van der Waals surface area contributed by atoms with E-state index in [0.717, 1.165) is 57.8 Å². The normalized spacial score (nSPS) is 32.5. The lowest BCUT2D eigenvalue weighted by atomic mass is 9.36. The molecule has 0 saturated heterocycles. The molecule has 8 heteroatoms. The Morgan fingerprint density at radius 2 is 1.40 bits per heavy atom. The molecular weight excluding hydrogens is 668 g/mol. The molecule has 4 aliphatic carbocycles. The Labute approximate surface area is 321 Å². The number of ether oxygens (including phenoxy) is 3. The fourth-order valence-corrected chi connectivity index (χ4v) is 11.8. The minimum Gasteiger partial charge on any atom is -0.462 e. The SMILES string of the molecule is CCCCC(=O)O[C@@H](C[C@@H](C)C1=C2C[C@H](OC(=O)CCCC)[C@H]3[C@@]4(C)CCC(=O)C(C)(C)[C@@H]4CC[C@]3(C)[C@@]2(C)CC1)[C@@H](OC(=O)CCCC)C(C)(C)O. The summed E-state index contributed by atoms with van der Waals surface area (Å²) in [4.78, 5) is 53.1. The van der Waals surface area contributed by atoms with Crippen molar-refractivity contribution < 1.29 is 38.5 Å². The first-order valence-corrected chi connectivity index (χ1v) is 21.3. The number of hydrogen-bond acceptors (Lipinski definition) is 8. The maximum absolute atomic E-state index is 13.5. The second-order valence-corrected chi connectivity index (χ2v) is 19.2. The number of allylic oxidation sites excluding steroid dienone is 1. The van der Waals surface area contributed by atoms with Gasteiger partial charge in [-0.1, -0.05) is 92.7 Å². The molecule has 3 saturated carbocycles. The van der Waals surface area contributed by atoms with Crippen molar-refractivity contribution in [3.63, 3.8) is 0 Å². The van der Waals surface area contributed by atoms with Crippen LogP contribution >= 0.6 is 0 Å². The molecule has 0 heterocycles. The Kier molecular flexibility index (Phi) is 13.9. The summed E-state index contributed by atoms with van der Waals surface area (Å²) in [6, 6.07) is 0. The summed E-state index contributed by atoms with van der Waals surface area (Å²) in [5, 5.41) is 11.4. The van der Waals surface area contributed by atoms with Gasteiger partial charge in [0.15, 0.2) is 6.10 Å². The van der Waals surface area contributed by atoms with Crippen LogP contribution in [-0.4, -0.2) is 52.7 Å². The summed E-state index contributed by atoms with van der Waals surface area (Å²) in [7, 11) is 0. The first-order chi connectivity index (χ1) is 24.7. The Morgan fingerprint density at radius 1 is 0.830 bits per heavy atom. The van der Waals surface area contributed by atoms with E-state index in [1.807, 2.05) is 13.8 Å². The zero-order chi connectivity index (χ0) is 39.6. The molecule has 53 heavy (non-hydrogen) atoms. The number of ketones is 1. The van der Waals surface area contributed by atoms with E-state index < -0.39 is 29.2 Å². The molecule has 0 spiro atoms. The van der Waals surface area contributed by atoms with Crippen molar-refractivity contribution in [1.29, 1.82) is 0 Å². The van der Waals surface area contributed by atoms with Crippen molar-refractivity contribution >= 4 is 23.7 Å². The molecule has 8 nitrogen and oxygen atoms in total. The van der Waals surface area contributed by atoms with Crippen LogP contribution in [0, 0.1) is 39.4 Å². The fourth-order valence-electron chi connectivity index (χ4n) is 11.8. The molecule has 0 bridgehead atoms. The van der Waals surface area contributed by atoms with Crippen molar-refractivity contribution in [2.75, 3.05) is 0 Å². The van der Waals surface area contributed by atoms with Gasteiger partial charge in [0.25, 0.3) is 0 Å². The van der Waals surface area contributed by atoms with E-state index in [-0.39, 0.29) is 64.9 Å². The van der Waals surface area contributed by atoms with Crippen LogP contribution < -0.4 is 0 Å². The topological polar surface area (TPSA) is 116 Å². The summed E-state index contributed by atoms with van der Waals surface area (Å²) >= 11 is 0. The number of Topliss-reactive ketones (excluding diaryl/α,β-unsaturated/α-hetero) is 1. The van der Waals surface area contributed by atoms with Crippen LogP contribution in [0.2, 0.25) is 0 Å². The highest BCUT2D eigenvalue weighted by Gasteiger charge is 2.70. The molecule has 0 aromatic heterocycles. The summed E-state index contributed by atoms with van der Waals surface area (Å²) in [6.07, 6.45) is 9.80. The van der Waals surface area contributed by atoms with Gasteiger partial charge in [0.1, 0.15) is 18.0 Å². The van der Waals surface area contributed by atoms with Crippen LogP contribution in [0.25, 0.3) is 0 Å². The lowest BCUT2D eigenvalue weighted by Crippen LogP contribution is -2.66. The first-order valence-electron chi connectivity index (χ1n) is 21.3. The van der Waals surface area contributed by atoms with Crippen LogP contribution in [0.3, 0.4) is 0 Å². The largest absolute Gasteiger partial charge is 0.462 e. The molecule has 0 radical (unpaired) electrons. The molecule has 0 amide bonds. The summed E-state index contributed by atoms with van der Waals surface area (Å²) in [5.74, 6) is -0.221. The summed E-state index contributed by atoms with van der Waals surface area (Å²) in [6.45, 7) is 23.1. The van der Waals surface area contributed by atoms with Crippen LogP contribution in [0.5, 0.6) is 0 Å². The minimum absolute atomic E-state index is 0.0373. The predicted molar refractivity (Wildman–Crippen MR) is 208 cm³/mol. The molecule has 4 aliphatic rings. The monoisotopic (exact) mass is 743 g/mol. The number of carbonyl (C=O) groups is 4. The quantitative estimate of drug-likeness (QED) is 0.0890. The van der Waals surface area contributed by atoms with E-state index in [0.29, 0.717) is 44.3 Å². The third kappa shape index (κ3) is 8.63. The third-order valence-electron chi connectivity index (χ3n) is 14.9. The number of aliphatic hydroxyl groups is 1. The van der Waals surface area contributed by atoms with Gasteiger partial charge >= 0.3 is 17.9 Å². The molecule has 1 N–H and O–H groups in total. The molecule has 0 aromatic carbocycles. The van der Waals surface area contributed by atoms with Crippen LogP contribution in [-0.2, 0) is 33.4 Å². The van der Waals surface area contributed by atoms with Gasteiger partial charge in [0, 0.05) is 43.4 Å². The Hall–Kier alpha value is -2.22. The van der Waals surface area contributed by atoms with Crippen molar-refractivity contribution in [1.82, 2.24) is 0 Å². The maximum Gasteiger partial charge on any atom is 0.306 e. The van der Waals surface area contributed by atoms with Crippen molar-refractivity contribution in [3.05, 3.63) is 11.1 Å². The van der Waals surface area contributed by atoms with Crippen molar-refractivity contribution in [2.24, 2.45) is 39.4 Å². The molecular formula is C45H74O8. The van der Waals surface area contributed by atoms with E-state index >= 15 is 0 Å². The van der Waals surface area contributed by atoms with Gasteiger partial charge in [0.2, 0.25) is 0 Å². The lowest BCUT2D eigenvalue weighted by Gasteiger charge is -2.69. The number of carbonyl (C=O) groups excluding carboxylic acids is 4. The molecule has 3 fully saturated rings. The van der Waals surface area contributed by atoms with Crippen LogP contribution in [0.4, 0.5) is 0 Å². The van der Waals surface area contributed by atoms with Crippen LogP contribution in [0.1, 0.15) is 185 Å². The number of fused-ring (bicyclic) bond motifs is 5. The number of hydrogen-bond donors (Lipinski definition) is 1. The smallest absolute Gasteiger partial charge is 0.306 e. The van der Waals surface area contributed by atoms with E-state index in [4.69, 9.17) is 14.2 Å². The predicted octanol–water partition coefficient (Wildman–Crippen LogP) is 10.0. The highest BCUT2D eigenvalue weighted by molar-refractivity contribution is 5.85. The second-order valence-electron chi connectivity index (χ2n) is 19.2. The lowest BCUT2D eigenvalue weighted by molar-refractivity contribution is -0.218. The Morgan fingerprint density at radius 3 is 1.96 bits per heavy atom. The van der Waals surface area contributed by atoms with Gasteiger partial charge in [-0.25, -0.2) is 0 Å². The minimum atomic E-state index is -1.44. The number of unbranched alkanes of at least 4 members (excludes halogenated alkanes) is 3. The van der Waals surface area contributed by atoms with E-state index in [2.05, 4.69) is 48.5 Å². The van der Waals surface area contributed by atoms with Gasteiger partial charge in [0.05, 0.1) is 5.60 Å². The highest BCUT2D eigenvalue weighted by Crippen LogP contribution is 2.74. The Bertz CT molecular complexity index is 1370. The highest BCUT2D eigenvalue weighted by atomic mass is 16.6. The number of rotatable bonds is 17. The van der Waals surface area contributed by atoms with Gasteiger partial charge < -0.3 is 19.3 Å². The fraction of sp³-hybridized carbons (Fsp3) is 0.867. The number of esters is 3. The van der Waals surface area contributed by atoms with Crippen molar-refractivity contribution in [3.8, 4) is 0 Å². The molecule has 4 rings (SSSR count). The zero-order valence-corrected chi connectivity index (χ0v) is 35.3. The average molecular weight is 743 g/mol. The van der Waals surface area contributed by atoms with E-state index in [9.17, 15) is 24.3 Å². The molecule has 0 aliphatic heterocycles. The van der Waals surface area contributed by atoms with Gasteiger partial charge in [-0.05, 0) is 99.7 Å². The molecule has 9 atom stereocenters. The summed E-state index contributed by atoms with van der Waals surface area (Å²) < 4.78 is 18.8. The second kappa shape index (κ2) is 16.9. The van der Waals surface area contributed by atoms with Crippen molar-refractivity contribution in [2.45, 2.75) is 209 Å². The summed E-state index contributed by atoms with van der Waals surface area (Å²) in [5.41, 5.74) is 0.376. The maximum atomic E-state index is 13.5. The van der Waals surface area contributed by atoms with Gasteiger partial charge in [-0.2, -0.15) is 0 Å². The Balaban J connectivity index is 1.76. The van der Waals surface area contributed by atoms with Gasteiger partial charge in [-0.3, -0.25) is 19.2 Å². The molecule has 0 unspecified atom stereocenters. The van der Waals surface area contributed by atoms with E-state index in [1.165, 1.54) is 11.1 Å². The average Bonchev–Trinajstić information content (AvgIpc) is 3.42. The first kappa shape index (κ1) is 43.5. The van der Waals surface area contributed by atoms with Crippen LogP contribution in [0.15, 0.2) is 11.1 Å². The standard InChI is InChI=1S/C45H74O8/c1-12-15-18-36(47)51-32-28-31-30(21-25-44(31,10)45(11)26-22-34-41(5,6)35(46)23-24-43(34,9)39(32)45)29(4)27-33(52-37(48)19-16-13-2)40(42(7,8)50)53-38(49)20-17-14-3/h29,32-34,39-40,50H,12-28H2,1-11H3/t29-,32+,33+,34+,39+,40-,43+,44+,45+/m1/s1. The van der Waals surface area contributed by atoms with Gasteiger partial charge in [-0.15, -0.1) is 0 Å². The third-order valence-corrected chi connectivity index (χ3v) is 14.9. The zero-order valence-electron chi connectivity index (χ0n) is 35.3. The molecule has 0 aromatic rings.